The van der Waals surface area contributed by atoms with Gasteiger partial charge in [-0.3, -0.25) is 0 Å². The molecule has 0 aromatic carbocycles. The lowest BCUT2D eigenvalue weighted by atomic mass is 9.97. The van der Waals surface area contributed by atoms with E-state index < -0.39 is 0 Å². The molecule has 3 unspecified atom stereocenters. The van der Waals surface area contributed by atoms with Gasteiger partial charge in [0.15, 0.2) is 0 Å². The van der Waals surface area contributed by atoms with Crippen molar-refractivity contribution in [2.45, 2.75) is 50.7 Å². The van der Waals surface area contributed by atoms with Crippen LogP contribution in [0, 0.1) is 0 Å². The van der Waals surface area contributed by atoms with Gasteiger partial charge in [-0.15, -0.1) is 0 Å². The molecule has 2 aliphatic rings. The van der Waals surface area contributed by atoms with Crippen molar-refractivity contribution in [3.63, 3.8) is 0 Å². The van der Waals surface area contributed by atoms with E-state index in [1.165, 1.54) is 45.3 Å². The van der Waals surface area contributed by atoms with Gasteiger partial charge in [0.25, 0.3) is 0 Å². The number of nitrogens with one attached hydrogen (secondary N) is 2. The maximum atomic E-state index is 3.82. The predicted molar refractivity (Wildman–Crippen MR) is 64.1 cm³/mol. The molecule has 0 aliphatic carbocycles. The van der Waals surface area contributed by atoms with Crippen molar-refractivity contribution in [1.29, 1.82) is 0 Å². The lowest BCUT2D eigenvalue weighted by Gasteiger charge is -2.38. The molecule has 15 heavy (non-hydrogen) atoms. The SMILES string of the molecule is CC1CC(NC2CCCNC2)CCN1C. The van der Waals surface area contributed by atoms with E-state index in [0.717, 1.165) is 18.1 Å². The lowest BCUT2D eigenvalue weighted by Crippen LogP contribution is -2.52. The van der Waals surface area contributed by atoms with Crippen molar-refractivity contribution in [3.8, 4) is 0 Å². The van der Waals surface area contributed by atoms with Crippen molar-refractivity contribution in [3.05, 3.63) is 0 Å². The Hall–Kier alpha value is -0.120. The number of hydrogen-bond donors (Lipinski definition) is 2. The van der Waals surface area contributed by atoms with Crippen molar-refractivity contribution >= 4 is 0 Å². The number of hydrogen-bond acceptors (Lipinski definition) is 3. The van der Waals surface area contributed by atoms with Crippen LogP contribution in [-0.2, 0) is 0 Å². The molecule has 0 saturated carbocycles. The zero-order chi connectivity index (χ0) is 10.7. The molecule has 2 rings (SSSR count). The van der Waals surface area contributed by atoms with Crippen LogP contribution in [0.15, 0.2) is 0 Å². The van der Waals surface area contributed by atoms with Crippen LogP contribution in [0.25, 0.3) is 0 Å². The fourth-order valence-corrected chi connectivity index (χ4v) is 2.77. The molecular weight excluding hydrogens is 186 g/mol. The largest absolute Gasteiger partial charge is 0.315 e. The van der Waals surface area contributed by atoms with Crippen LogP contribution in [0.3, 0.4) is 0 Å². The van der Waals surface area contributed by atoms with Gasteiger partial charge >= 0.3 is 0 Å². The first-order chi connectivity index (χ1) is 7.25. The Kier molecular flexibility index (Phi) is 4.00. The summed E-state index contributed by atoms with van der Waals surface area (Å²) in [5.74, 6) is 0. The van der Waals surface area contributed by atoms with E-state index >= 15 is 0 Å². The summed E-state index contributed by atoms with van der Waals surface area (Å²) < 4.78 is 0. The molecule has 2 N–H and O–H groups in total. The molecule has 3 atom stereocenters. The zero-order valence-corrected chi connectivity index (χ0v) is 10.1. The maximum Gasteiger partial charge on any atom is 0.0195 e. The molecule has 2 aliphatic heterocycles. The van der Waals surface area contributed by atoms with Crippen LogP contribution in [0.2, 0.25) is 0 Å². The quantitative estimate of drug-likeness (QED) is 0.708. The molecule has 0 spiro atoms. The van der Waals surface area contributed by atoms with E-state index in [2.05, 4.69) is 29.5 Å². The number of rotatable bonds is 2. The van der Waals surface area contributed by atoms with E-state index in [1.807, 2.05) is 0 Å². The second-order valence-corrected chi connectivity index (χ2v) is 5.26. The Balaban J connectivity index is 1.74. The summed E-state index contributed by atoms with van der Waals surface area (Å²) in [4.78, 5) is 2.47. The van der Waals surface area contributed by atoms with Crippen LogP contribution in [0.5, 0.6) is 0 Å². The fourth-order valence-electron chi connectivity index (χ4n) is 2.77. The summed E-state index contributed by atoms with van der Waals surface area (Å²) in [6.45, 7) is 5.97. The van der Waals surface area contributed by atoms with E-state index in [4.69, 9.17) is 0 Å². The smallest absolute Gasteiger partial charge is 0.0195 e. The van der Waals surface area contributed by atoms with Crippen LogP contribution in [0.4, 0.5) is 0 Å². The second kappa shape index (κ2) is 5.28. The molecule has 0 bridgehead atoms. The van der Waals surface area contributed by atoms with Gasteiger partial charge in [0.2, 0.25) is 0 Å². The minimum Gasteiger partial charge on any atom is -0.315 e. The van der Waals surface area contributed by atoms with E-state index in [9.17, 15) is 0 Å². The van der Waals surface area contributed by atoms with Gasteiger partial charge < -0.3 is 15.5 Å². The second-order valence-electron chi connectivity index (χ2n) is 5.26. The molecule has 0 radical (unpaired) electrons. The number of nitrogens with zero attached hydrogens (tertiary/aromatic N) is 1. The summed E-state index contributed by atoms with van der Waals surface area (Å²) in [6, 6.07) is 2.22. The van der Waals surface area contributed by atoms with E-state index in [-0.39, 0.29) is 0 Å². The molecule has 88 valence electrons. The Morgan fingerprint density at radius 2 is 2.13 bits per heavy atom. The summed E-state index contributed by atoms with van der Waals surface area (Å²) in [6.07, 6.45) is 5.32. The monoisotopic (exact) mass is 211 g/mol. The Morgan fingerprint density at radius 3 is 2.80 bits per heavy atom. The maximum absolute atomic E-state index is 3.82. The summed E-state index contributed by atoms with van der Waals surface area (Å²) in [5, 5.41) is 7.29. The fraction of sp³-hybridized carbons (Fsp3) is 1.00. The van der Waals surface area contributed by atoms with E-state index in [0.29, 0.717) is 0 Å². The summed E-state index contributed by atoms with van der Waals surface area (Å²) in [7, 11) is 2.24. The Bertz CT molecular complexity index is 189. The van der Waals surface area contributed by atoms with E-state index in [1.54, 1.807) is 0 Å². The van der Waals surface area contributed by atoms with Gasteiger partial charge in [-0.1, -0.05) is 0 Å². The molecule has 0 amide bonds. The minimum atomic E-state index is 0.722. The molecule has 3 nitrogen and oxygen atoms in total. The van der Waals surface area contributed by atoms with Crippen molar-refractivity contribution < 1.29 is 0 Å². The van der Waals surface area contributed by atoms with Crippen molar-refractivity contribution in [1.82, 2.24) is 15.5 Å². The van der Waals surface area contributed by atoms with Crippen LogP contribution < -0.4 is 10.6 Å². The lowest BCUT2D eigenvalue weighted by molar-refractivity contribution is 0.158. The highest BCUT2D eigenvalue weighted by molar-refractivity contribution is 4.85. The topological polar surface area (TPSA) is 27.3 Å². The molecular formula is C12H25N3. The number of piperidine rings is 2. The van der Waals surface area contributed by atoms with Gasteiger partial charge in [-0.2, -0.15) is 0 Å². The third-order valence-corrected chi connectivity index (χ3v) is 3.98. The van der Waals surface area contributed by atoms with Crippen LogP contribution >= 0.6 is 0 Å². The van der Waals surface area contributed by atoms with Gasteiger partial charge in [-0.05, 0) is 52.7 Å². The molecule has 2 saturated heterocycles. The Morgan fingerprint density at radius 1 is 1.27 bits per heavy atom. The summed E-state index contributed by atoms with van der Waals surface area (Å²) in [5.41, 5.74) is 0. The molecule has 2 heterocycles. The van der Waals surface area contributed by atoms with Gasteiger partial charge in [0.1, 0.15) is 0 Å². The first-order valence-electron chi connectivity index (χ1n) is 6.42. The first-order valence-corrected chi connectivity index (χ1v) is 6.42. The van der Waals surface area contributed by atoms with Crippen LogP contribution in [-0.4, -0.2) is 49.7 Å². The molecule has 0 aromatic rings. The van der Waals surface area contributed by atoms with Gasteiger partial charge in [0.05, 0.1) is 0 Å². The average molecular weight is 211 g/mol. The molecule has 2 fully saturated rings. The highest BCUT2D eigenvalue weighted by atomic mass is 15.1. The zero-order valence-electron chi connectivity index (χ0n) is 10.1. The highest BCUT2D eigenvalue weighted by Gasteiger charge is 2.24. The third-order valence-electron chi connectivity index (χ3n) is 3.98. The number of likely N-dealkylation sites (tertiary alicyclic amines) is 1. The molecule has 0 aromatic heterocycles. The average Bonchev–Trinajstić information content (AvgIpc) is 2.25. The predicted octanol–water partition coefficient (Wildman–Crippen LogP) is 0.811. The standard InChI is InChI=1S/C12H25N3/c1-10-8-11(5-7-15(10)2)14-12-4-3-6-13-9-12/h10-14H,3-9H2,1-2H3. The molecule has 3 heteroatoms. The van der Waals surface area contributed by atoms with Gasteiger partial charge in [-0.25, -0.2) is 0 Å². The minimum absolute atomic E-state index is 0.722. The first kappa shape index (κ1) is 11.4. The normalized spacial score (nSPS) is 39.2. The van der Waals surface area contributed by atoms with Crippen LogP contribution in [0.1, 0.15) is 32.6 Å². The third kappa shape index (κ3) is 3.16. The summed E-state index contributed by atoms with van der Waals surface area (Å²) >= 11 is 0. The Labute approximate surface area is 93.6 Å². The van der Waals surface area contributed by atoms with Gasteiger partial charge in [0, 0.05) is 24.7 Å². The van der Waals surface area contributed by atoms with Crippen molar-refractivity contribution in [2.75, 3.05) is 26.7 Å². The highest BCUT2D eigenvalue weighted by Crippen LogP contribution is 2.16. The van der Waals surface area contributed by atoms with Crippen molar-refractivity contribution in [2.24, 2.45) is 0 Å².